The molecule has 9 nitrogen and oxygen atoms in total. The first-order valence-corrected chi connectivity index (χ1v) is 10.1. The van der Waals surface area contributed by atoms with Crippen LogP contribution < -0.4 is 5.32 Å². The zero-order chi connectivity index (χ0) is 18.9. The van der Waals surface area contributed by atoms with Crippen molar-refractivity contribution < 1.29 is 13.2 Å². The molecular weight excluding hydrogens is 356 g/mol. The second kappa shape index (κ2) is 7.20. The Morgan fingerprint density at radius 2 is 2.12 bits per heavy atom. The summed E-state index contributed by atoms with van der Waals surface area (Å²) in [5.41, 5.74) is 1.76. The predicted molar refractivity (Wildman–Crippen MR) is 94.5 cm³/mol. The minimum Gasteiger partial charge on any atom is -0.349 e. The number of carbonyl (C=O) groups is 1. The number of imidazole rings is 1. The minimum atomic E-state index is -3.59. The second-order valence-electron chi connectivity index (χ2n) is 6.23. The van der Waals surface area contributed by atoms with Crippen molar-refractivity contribution in [3.05, 3.63) is 29.6 Å². The molecule has 0 saturated carbocycles. The van der Waals surface area contributed by atoms with Crippen LogP contribution in [0.5, 0.6) is 0 Å². The van der Waals surface area contributed by atoms with E-state index >= 15 is 0 Å². The molecule has 0 radical (unpaired) electrons. The van der Waals surface area contributed by atoms with Crippen molar-refractivity contribution >= 4 is 15.9 Å². The first-order valence-electron chi connectivity index (χ1n) is 8.69. The molecule has 2 aromatic heterocycles. The van der Waals surface area contributed by atoms with Gasteiger partial charge in [0, 0.05) is 39.2 Å². The monoisotopic (exact) mass is 380 g/mol. The van der Waals surface area contributed by atoms with Gasteiger partial charge < -0.3 is 9.88 Å². The number of carbonyl (C=O) groups excluding carboxylic acids is 1. The van der Waals surface area contributed by atoms with Gasteiger partial charge in [-0.1, -0.05) is 6.92 Å². The second-order valence-corrected chi connectivity index (χ2v) is 8.17. The van der Waals surface area contributed by atoms with Gasteiger partial charge in [0.05, 0.1) is 30.7 Å². The van der Waals surface area contributed by atoms with Gasteiger partial charge in [-0.25, -0.2) is 13.4 Å². The fourth-order valence-electron chi connectivity index (χ4n) is 2.98. The van der Waals surface area contributed by atoms with Crippen LogP contribution in [0.25, 0.3) is 0 Å². The van der Waals surface area contributed by atoms with Crippen molar-refractivity contribution in [1.82, 2.24) is 29.0 Å². The van der Waals surface area contributed by atoms with E-state index in [2.05, 4.69) is 15.4 Å². The smallest absolute Gasteiger partial charge is 0.246 e. The maximum absolute atomic E-state index is 12.9. The third kappa shape index (κ3) is 3.38. The van der Waals surface area contributed by atoms with Crippen LogP contribution in [0.2, 0.25) is 0 Å². The van der Waals surface area contributed by atoms with Gasteiger partial charge >= 0.3 is 0 Å². The molecule has 0 fully saturated rings. The van der Waals surface area contributed by atoms with Crippen LogP contribution in [0.1, 0.15) is 37.5 Å². The highest BCUT2D eigenvalue weighted by molar-refractivity contribution is 7.89. The van der Waals surface area contributed by atoms with Crippen molar-refractivity contribution in [1.29, 1.82) is 0 Å². The van der Waals surface area contributed by atoms with Crippen LogP contribution in [0, 0.1) is 0 Å². The number of amides is 1. The summed E-state index contributed by atoms with van der Waals surface area (Å²) in [5.74, 6) is 0.693. The number of aryl methyl sites for hydroxylation is 1. The summed E-state index contributed by atoms with van der Waals surface area (Å²) in [6.07, 6.45) is 3.91. The molecule has 1 aliphatic heterocycles. The Bertz CT molecular complexity index is 915. The van der Waals surface area contributed by atoms with E-state index in [0.717, 1.165) is 17.2 Å². The van der Waals surface area contributed by atoms with Crippen LogP contribution >= 0.6 is 0 Å². The molecule has 26 heavy (non-hydrogen) atoms. The first-order chi connectivity index (χ1) is 12.4. The van der Waals surface area contributed by atoms with E-state index in [1.807, 2.05) is 18.5 Å². The number of sulfonamides is 1. The Hall–Kier alpha value is -2.20. The van der Waals surface area contributed by atoms with Crippen LogP contribution in [0.4, 0.5) is 0 Å². The zero-order valence-corrected chi connectivity index (χ0v) is 16.1. The molecule has 3 rings (SSSR count). The number of hydrogen-bond acceptors (Lipinski definition) is 5. The van der Waals surface area contributed by atoms with E-state index in [-0.39, 0.29) is 17.3 Å². The minimum absolute atomic E-state index is 0.0388. The van der Waals surface area contributed by atoms with Gasteiger partial charge in [-0.05, 0) is 6.92 Å². The van der Waals surface area contributed by atoms with Crippen molar-refractivity contribution in [2.75, 3.05) is 6.54 Å². The van der Waals surface area contributed by atoms with E-state index in [9.17, 15) is 13.2 Å². The number of nitrogens with one attached hydrogen (secondary N) is 1. The molecule has 0 aromatic carbocycles. The van der Waals surface area contributed by atoms with Gasteiger partial charge in [0.2, 0.25) is 15.9 Å². The van der Waals surface area contributed by atoms with Crippen molar-refractivity contribution in [3.8, 4) is 0 Å². The highest BCUT2D eigenvalue weighted by Gasteiger charge is 2.32. The van der Waals surface area contributed by atoms with Crippen LogP contribution in [-0.4, -0.2) is 44.5 Å². The third-order valence-corrected chi connectivity index (χ3v) is 6.45. The quantitative estimate of drug-likeness (QED) is 0.782. The molecule has 0 saturated heterocycles. The molecule has 10 heteroatoms. The number of nitrogens with zero attached hydrogens (tertiary/aromatic N) is 5. The van der Waals surface area contributed by atoms with Gasteiger partial charge in [0.15, 0.2) is 0 Å². The lowest BCUT2D eigenvalue weighted by Crippen LogP contribution is -2.36. The van der Waals surface area contributed by atoms with Crippen molar-refractivity contribution in [2.45, 2.75) is 51.2 Å². The zero-order valence-electron chi connectivity index (χ0n) is 15.3. The molecule has 0 atom stereocenters. The Labute approximate surface area is 153 Å². The molecule has 1 amide bonds. The number of fused-ring (bicyclic) bond motifs is 1. The summed E-state index contributed by atoms with van der Waals surface area (Å²) in [5, 5.41) is 6.87. The fourth-order valence-corrected chi connectivity index (χ4v) is 4.34. The summed E-state index contributed by atoms with van der Waals surface area (Å²) >= 11 is 0. The SMILES string of the molecule is CCC(=O)NCc1nc2c(n1C)CN(S(=O)(=O)c1cnn(CC)c1)CC2. The lowest BCUT2D eigenvalue weighted by molar-refractivity contribution is -0.120. The number of hydrogen-bond donors (Lipinski definition) is 1. The van der Waals surface area contributed by atoms with E-state index in [1.54, 1.807) is 17.8 Å². The molecule has 2 aromatic rings. The Balaban J connectivity index is 1.80. The Morgan fingerprint density at radius 1 is 1.35 bits per heavy atom. The molecule has 0 bridgehead atoms. The number of rotatable bonds is 6. The maximum atomic E-state index is 12.9. The van der Waals surface area contributed by atoms with E-state index in [4.69, 9.17) is 0 Å². The van der Waals surface area contributed by atoms with Crippen LogP contribution in [0.15, 0.2) is 17.3 Å². The molecular formula is C16H24N6O3S. The molecule has 1 N–H and O–H groups in total. The van der Waals surface area contributed by atoms with Gasteiger partial charge in [0.1, 0.15) is 10.7 Å². The summed E-state index contributed by atoms with van der Waals surface area (Å²) < 4.78 is 30.7. The Morgan fingerprint density at radius 3 is 2.77 bits per heavy atom. The molecule has 0 aliphatic carbocycles. The average molecular weight is 380 g/mol. The maximum Gasteiger partial charge on any atom is 0.246 e. The topological polar surface area (TPSA) is 102 Å². The van der Waals surface area contributed by atoms with Gasteiger partial charge in [-0.3, -0.25) is 9.48 Å². The first kappa shape index (κ1) is 18.6. The number of aromatic nitrogens is 4. The van der Waals surface area contributed by atoms with Crippen molar-refractivity contribution in [3.63, 3.8) is 0 Å². The molecule has 142 valence electrons. The molecule has 0 spiro atoms. The highest BCUT2D eigenvalue weighted by Crippen LogP contribution is 2.25. The van der Waals surface area contributed by atoms with E-state index < -0.39 is 10.0 Å². The third-order valence-electron chi connectivity index (χ3n) is 4.65. The van der Waals surface area contributed by atoms with Crippen LogP contribution in [-0.2, 0) is 47.9 Å². The standard InChI is InChI=1S/C16H24N6O3S/c1-4-16(23)17-9-15-19-13-6-7-22(11-14(13)20(15)3)26(24,25)12-8-18-21(5-2)10-12/h8,10H,4-7,9,11H2,1-3H3,(H,17,23). The lowest BCUT2D eigenvalue weighted by Gasteiger charge is -2.25. The average Bonchev–Trinajstić information content (AvgIpc) is 3.25. The predicted octanol–water partition coefficient (Wildman–Crippen LogP) is 0.410. The molecule has 0 unspecified atom stereocenters. The fraction of sp³-hybridized carbons (Fsp3) is 0.562. The normalized spacial score (nSPS) is 15.0. The lowest BCUT2D eigenvalue weighted by atomic mass is 10.2. The highest BCUT2D eigenvalue weighted by atomic mass is 32.2. The molecule has 1 aliphatic rings. The largest absolute Gasteiger partial charge is 0.349 e. The van der Waals surface area contributed by atoms with Gasteiger partial charge in [-0.2, -0.15) is 9.40 Å². The Kier molecular flexibility index (Phi) is 5.15. The van der Waals surface area contributed by atoms with Crippen LogP contribution in [0.3, 0.4) is 0 Å². The molecule has 3 heterocycles. The van der Waals surface area contributed by atoms with E-state index in [0.29, 0.717) is 32.5 Å². The summed E-state index contributed by atoms with van der Waals surface area (Å²) in [6.45, 7) is 5.30. The summed E-state index contributed by atoms with van der Waals surface area (Å²) in [7, 11) is -1.74. The van der Waals surface area contributed by atoms with Crippen molar-refractivity contribution in [2.24, 2.45) is 7.05 Å². The van der Waals surface area contributed by atoms with Gasteiger partial charge in [-0.15, -0.1) is 0 Å². The summed E-state index contributed by atoms with van der Waals surface area (Å²) in [4.78, 5) is 16.2. The van der Waals surface area contributed by atoms with E-state index in [1.165, 1.54) is 10.5 Å². The van der Waals surface area contributed by atoms with Gasteiger partial charge in [0.25, 0.3) is 0 Å². The summed E-state index contributed by atoms with van der Waals surface area (Å²) in [6, 6.07) is 0.